The zero-order valence-electron chi connectivity index (χ0n) is 7.29. The lowest BCUT2D eigenvalue weighted by molar-refractivity contribution is 1.05. The smallest absolute Gasteiger partial charge is 0.143 e. The zero-order valence-corrected chi connectivity index (χ0v) is 9.62. The van der Waals surface area contributed by atoms with E-state index >= 15 is 0 Å². The highest BCUT2D eigenvalue weighted by Gasteiger charge is 2.10. The number of hydrogen-bond donors (Lipinski definition) is 0. The van der Waals surface area contributed by atoms with E-state index in [1.54, 1.807) is 6.07 Å². The molecule has 0 fully saturated rings. The van der Waals surface area contributed by atoms with E-state index in [0.717, 1.165) is 15.6 Å². The Bertz CT molecular complexity index is 468. The number of rotatable bonds is 1. The first kappa shape index (κ1) is 9.90. The van der Waals surface area contributed by atoms with Crippen LogP contribution in [-0.2, 0) is 0 Å². The van der Waals surface area contributed by atoms with E-state index in [1.807, 2.05) is 19.1 Å². The Morgan fingerprint density at radius 1 is 1.21 bits per heavy atom. The van der Waals surface area contributed by atoms with Gasteiger partial charge in [0.1, 0.15) is 10.0 Å². The molecule has 1 heterocycles. The first-order valence-electron chi connectivity index (χ1n) is 3.93. The Balaban J connectivity index is 2.57. The molecular weight excluding hydrogens is 239 g/mol. The van der Waals surface area contributed by atoms with Crippen LogP contribution in [0.25, 0.3) is 10.6 Å². The van der Waals surface area contributed by atoms with Crippen LogP contribution >= 0.6 is 34.5 Å². The van der Waals surface area contributed by atoms with E-state index in [4.69, 9.17) is 23.2 Å². The fourth-order valence-electron chi connectivity index (χ4n) is 1.07. The highest BCUT2D eigenvalue weighted by molar-refractivity contribution is 7.14. The Morgan fingerprint density at radius 2 is 2.00 bits per heavy atom. The van der Waals surface area contributed by atoms with Crippen molar-refractivity contribution in [1.82, 2.24) is 10.2 Å². The molecule has 0 aliphatic rings. The summed E-state index contributed by atoms with van der Waals surface area (Å²) < 4.78 is 0. The van der Waals surface area contributed by atoms with Crippen molar-refractivity contribution in [2.45, 2.75) is 6.92 Å². The predicted octanol–water partition coefficient (Wildman–Crippen LogP) is 3.82. The van der Waals surface area contributed by atoms with Gasteiger partial charge in [-0.15, -0.1) is 10.2 Å². The third-order valence-corrected chi connectivity index (χ3v) is 3.40. The SMILES string of the molecule is Cc1nnc(-c2cccc(Cl)c2Cl)s1. The number of nitrogens with zero attached hydrogens (tertiary/aromatic N) is 2. The molecule has 1 aromatic heterocycles. The van der Waals surface area contributed by atoms with Crippen molar-refractivity contribution in [1.29, 1.82) is 0 Å². The molecule has 0 saturated carbocycles. The topological polar surface area (TPSA) is 25.8 Å². The van der Waals surface area contributed by atoms with E-state index in [9.17, 15) is 0 Å². The van der Waals surface area contributed by atoms with Crippen LogP contribution in [0.15, 0.2) is 18.2 Å². The molecule has 1 aromatic carbocycles. The van der Waals surface area contributed by atoms with Crippen molar-refractivity contribution in [3.8, 4) is 10.6 Å². The monoisotopic (exact) mass is 244 g/mol. The summed E-state index contributed by atoms with van der Waals surface area (Å²) in [6.07, 6.45) is 0. The van der Waals surface area contributed by atoms with Crippen molar-refractivity contribution in [3.63, 3.8) is 0 Å². The molecule has 0 spiro atoms. The second kappa shape index (κ2) is 3.85. The van der Waals surface area contributed by atoms with Gasteiger partial charge in [-0.2, -0.15) is 0 Å². The lowest BCUT2D eigenvalue weighted by atomic mass is 10.2. The number of aromatic nitrogens is 2. The van der Waals surface area contributed by atoms with E-state index in [0.29, 0.717) is 10.0 Å². The number of halogens is 2. The van der Waals surface area contributed by atoms with Crippen LogP contribution in [0.2, 0.25) is 10.0 Å². The highest BCUT2D eigenvalue weighted by Crippen LogP contribution is 2.34. The van der Waals surface area contributed by atoms with Crippen molar-refractivity contribution < 1.29 is 0 Å². The van der Waals surface area contributed by atoms with Gasteiger partial charge >= 0.3 is 0 Å². The molecule has 0 saturated heterocycles. The summed E-state index contributed by atoms with van der Waals surface area (Å²) in [7, 11) is 0. The average Bonchev–Trinajstić information content (AvgIpc) is 2.57. The normalized spacial score (nSPS) is 10.5. The molecule has 72 valence electrons. The fourth-order valence-corrected chi connectivity index (χ4v) is 2.24. The zero-order chi connectivity index (χ0) is 10.1. The van der Waals surface area contributed by atoms with Crippen molar-refractivity contribution >= 4 is 34.5 Å². The van der Waals surface area contributed by atoms with Gasteiger partial charge in [-0.1, -0.05) is 46.7 Å². The molecule has 0 amide bonds. The summed E-state index contributed by atoms with van der Waals surface area (Å²) >= 11 is 13.4. The Morgan fingerprint density at radius 3 is 2.64 bits per heavy atom. The molecule has 2 aromatic rings. The number of benzene rings is 1. The van der Waals surface area contributed by atoms with Crippen LogP contribution in [0.1, 0.15) is 5.01 Å². The molecule has 0 aliphatic carbocycles. The summed E-state index contributed by atoms with van der Waals surface area (Å²) in [5.74, 6) is 0. The third-order valence-electron chi connectivity index (χ3n) is 1.71. The standard InChI is InChI=1S/C9H6Cl2N2S/c1-5-12-13-9(14-5)6-3-2-4-7(10)8(6)11/h2-4H,1H3. The molecular formula is C9H6Cl2N2S. The van der Waals surface area contributed by atoms with Gasteiger partial charge in [-0.25, -0.2) is 0 Å². The van der Waals surface area contributed by atoms with E-state index < -0.39 is 0 Å². The molecule has 0 radical (unpaired) electrons. The maximum absolute atomic E-state index is 6.04. The van der Waals surface area contributed by atoms with Crippen LogP contribution in [-0.4, -0.2) is 10.2 Å². The second-order valence-corrected chi connectivity index (χ2v) is 4.69. The molecule has 5 heteroatoms. The molecule has 0 unspecified atom stereocenters. The first-order chi connectivity index (χ1) is 6.68. The van der Waals surface area contributed by atoms with Gasteiger partial charge in [0.15, 0.2) is 0 Å². The van der Waals surface area contributed by atoms with Gasteiger partial charge in [0.25, 0.3) is 0 Å². The Kier molecular flexibility index (Phi) is 2.72. The van der Waals surface area contributed by atoms with Crippen LogP contribution in [0.5, 0.6) is 0 Å². The second-order valence-electron chi connectivity index (χ2n) is 2.73. The maximum atomic E-state index is 6.04. The minimum Gasteiger partial charge on any atom is -0.143 e. The molecule has 0 atom stereocenters. The van der Waals surface area contributed by atoms with E-state index in [2.05, 4.69) is 10.2 Å². The Labute approximate surface area is 95.5 Å². The maximum Gasteiger partial charge on any atom is 0.149 e. The Hall–Kier alpha value is -0.640. The van der Waals surface area contributed by atoms with Crippen LogP contribution in [0.4, 0.5) is 0 Å². The molecule has 14 heavy (non-hydrogen) atoms. The van der Waals surface area contributed by atoms with E-state index in [-0.39, 0.29) is 0 Å². The highest BCUT2D eigenvalue weighted by atomic mass is 35.5. The summed E-state index contributed by atoms with van der Waals surface area (Å²) in [5, 5.41) is 10.7. The summed E-state index contributed by atoms with van der Waals surface area (Å²) in [6, 6.07) is 5.48. The molecule has 0 aliphatic heterocycles. The van der Waals surface area contributed by atoms with Gasteiger partial charge in [-0.05, 0) is 13.0 Å². The lowest BCUT2D eigenvalue weighted by Gasteiger charge is -2.00. The minimum absolute atomic E-state index is 0.533. The number of hydrogen-bond acceptors (Lipinski definition) is 3. The summed E-state index contributed by atoms with van der Waals surface area (Å²) in [6.45, 7) is 1.90. The molecule has 0 bridgehead atoms. The van der Waals surface area contributed by atoms with Crippen molar-refractivity contribution in [2.75, 3.05) is 0 Å². The quantitative estimate of drug-likeness (QED) is 0.763. The molecule has 2 rings (SSSR count). The van der Waals surface area contributed by atoms with Gasteiger partial charge in [0.2, 0.25) is 0 Å². The summed E-state index contributed by atoms with van der Waals surface area (Å²) in [5.41, 5.74) is 0.838. The fraction of sp³-hybridized carbons (Fsp3) is 0.111. The largest absolute Gasteiger partial charge is 0.149 e. The lowest BCUT2D eigenvalue weighted by Crippen LogP contribution is -1.79. The third kappa shape index (κ3) is 1.75. The average molecular weight is 245 g/mol. The summed E-state index contributed by atoms with van der Waals surface area (Å²) in [4.78, 5) is 0. The van der Waals surface area contributed by atoms with E-state index in [1.165, 1.54) is 11.3 Å². The van der Waals surface area contributed by atoms with Crippen molar-refractivity contribution in [2.24, 2.45) is 0 Å². The number of aryl methyl sites for hydroxylation is 1. The van der Waals surface area contributed by atoms with Gasteiger partial charge in [0, 0.05) is 5.56 Å². The van der Waals surface area contributed by atoms with Crippen LogP contribution in [0.3, 0.4) is 0 Å². The predicted molar refractivity (Wildman–Crippen MR) is 60.1 cm³/mol. The van der Waals surface area contributed by atoms with Crippen LogP contribution in [0, 0.1) is 6.92 Å². The first-order valence-corrected chi connectivity index (χ1v) is 5.50. The van der Waals surface area contributed by atoms with Gasteiger partial charge in [0.05, 0.1) is 10.0 Å². The van der Waals surface area contributed by atoms with Crippen LogP contribution < -0.4 is 0 Å². The molecule has 0 N–H and O–H groups in total. The minimum atomic E-state index is 0.533. The van der Waals surface area contributed by atoms with Gasteiger partial charge < -0.3 is 0 Å². The van der Waals surface area contributed by atoms with Gasteiger partial charge in [-0.3, -0.25) is 0 Å². The van der Waals surface area contributed by atoms with Crippen molar-refractivity contribution in [3.05, 3.63) is 33.3 Å². The molecule has 2 nitrogen and oxygen atoms in total.